The molecule has 4 heterocycles. The van der Waals surface area contributed by atoms with Gasteiger partial charge in [0.05, 0.1) is 22.6 Å². The van der Waals surface area contributed by atoms with Gasteiger partial charge in [0.2, 0.25) is 0 Å². The molecule has 0 saturated carbocycles. The van der Waals surface area contributed by atoms with E-state index in [2.05, 4.69) is 10.1 Å². The zero-order valence-corrected chi connectivity index (χ0v) is 21.4. The molecule has 1 saturated heterocycles. The van der Waals surface area contributed by atoms with Crippen LogP contribution in [0.3, 0.4) is 0 Å². The minimum absolute atomic E-state index is 0.0403. The van der Waals surface area contributed by atoms with Gasteiger partial charge < -0.3 is 15.7 Å². The summed E-state index contributed by atoms with van der Waals surface area (Å²) in [7, 11) is 0. The number of carbonyl (C=O) groups excluding carboxylic acids is 1. The number of amides is 1. The minimum atomic E-state index is -0.933. The van der Waals surface area contributed by atoms with E-state index < -0.39 is 11.4 Å². The van der Waals surface area contributed by atoms with Crippen LogP contribution >= 0.6 is 11.3 Å². The number of rotatable bonds is 5. The highest BCUT2D eigenvalue weighted by molar-refractivity contribution is 7.18. The fraction of sp³-hybridized carbons (Fsp3) is 0.333. The zero-order valence-electron chi connectivity index (χ0n) is 20.6. The molecular formula is C27H27FN6O2S. The third kappa shape index (κ3) is 5.25. The van der Waals surface area contributed by atoms with Crippen molar-refractivity contribution in [1.29, 1.82) is 5.26 Å². The largest absolute Gasteiger partial charge is 0.389 e. The van der Waals surface area contributed by atoms with Crippen molar-refractivity contribution in [2.24, 2.45) is 5.73 Å². The molecular weight excluding hydrogens is 491 g/mol. The predicted octanol–water partition coefficient (Wildman–Crippen LogP) is 4.17. The molecule has 1 aliphatic rings. The van der Waals surface area contributed by atoms with E-state index >= 15 is 0 Å². The number of hydrogen-bond donors (Lipinski definition) is 2. The average Bonchev–Trinajstić information content (AvgIpc) is 3.46. The first-order chi connectivity index (χ1) is 17.6. The van der Waals surface area contributed by atoms with Crippen molar-refractivity contribution in [2.45, 2.75) is 44.9 Å². The number of aliphatic hydroxyl groups is 1. The number of likely N-dealkylation sites (tertiary alicyclic amines) is 1. The summed E-state index contributed by atoms with van der Waals surface area (Å²) in [6, 6.07) is 9.96. The standard InChI is InChI=1S/C27H27FN6O2S/c1-27(2,36)15-34-13-19-8-18(12-31-25(19)32-34)24-21(16-5-6-17(11-29)22(28)9-16)10-23(37-24)26(35)33-7-3-4-20(30)14-33/h5-6,8-10,12-13,20,36H,3-4,7,14-15,30H2,1-2H3. The Balaban J connectivity index is 1.59. The Bertz CT molecular complexity index is 1530. The van der Waals surface area contributed by atoms with Crippen molar-refractivity contribution in [3.05, 3.63) is 59.0 Å². The molecule has 1 unspecified atom stereocenters. The Morgan fingerprint density at radius 3 is 2.84 bits per heavy atom. The van der Waals surface area contributed by atoms with Gasteiger partial charge in [-0.1, -0.05) is 6.07 Å². The van der Waals surface area contributed by atoms with Gasteiger partial charge in [-0.15, -0.1) is 11.3 Å². The summed E-state index contributed by atoms with van der Waals surface area (Å²) >= 11 is 1.32. The molecule has 1 amide bonds. The molecule has 4 aromatic rings. The van der Waals surface area contributed by atoms with E-state index in [9.17, 15) is 14.3 Å². The number of hydrogen-bond acceptors (Lipinski definition) is 7. The molecule has 3 N–H and O–H groups in total. The third-order valence-corrected chi connectivity index (χ3v) is 7.48. The maximum Gasteiger partial charge on any atom is 0.264 e. The van der Waals surface area contributed by atoms with Crippen molar-refractivity contribution in [2.75, 3.05) is 13.1 Å². The highest BCUT2D eigenvalue weighted by Gasteiger charge is 2.26. The van der Waals surface area contributed by atoms with Crippen LogP contribution in [0.25, 0.3) is 32.6 Å². The van der Waals surface area contributed by atoms with Crippen molar-refractivity contribution in [1.82, 2.24) is 19.7 Å². The molecule has 37 heavy (non-hydrogen) atoms. The number of halogens is 1. The molecule has 1 atom stereocenters. The van der Waals surface area contributed by atoms with Gasteiger partial charge in [-0.2, -0.15) is 10.4 Å². The van der Waals surface area contributed by atoms with Crippen LogP contribution in [0.1, 0.15) is 41.9 Å². The van der Waals surface area contributed by atoms with Crippen LogP contribution in [0.15, 0.2) is 42.7 Å². The Morgan fingerprint density at radius 1 is 1.32 bits per heavy atom. The van der Waals surface area contributed by atoms with E-state index in [0.29, 0.717) is 41.3 Å². The quantitative estimate of drug-likeness (QED) is 0.409. The maximum atomic E-state index is 14.6. The van der Waals surface area contributed by atoms with Gasteiger partial charge in [0.1, 0.15) is 11.9 Å². The van der Waals surface area contributed by atoms with Crippen LogP contribution in [0.2, 0.25) is 0 Å². The summed E-state index contributed by atoms with van der Waals surface area (Å²) < 4.78 is 16.2. The molecule has 0 spiro atoms. The van der Waals surface area contributed by atoms with E-state index in [-0.39, 0.29) is 17.5 Å². The molecule has 1 fully saturated rings. The lowest BCUT2D eigenvalue weighted by Gasteiger charge is -2.30. The Hall–Kier alpha value is -3.65. The number of benzene rings is 1. The Labute approximate surface area is 217 Å². The number of nitrogens with two attached hydrogens (primary N) is 1. The van der Waals surface area contributed by atoms with Crippen LogP contribution in [0.4, 0.5) is 4.39 Å². The molecule has 190 valence electrons. The van der Waals surface area contributed by atoms with Crippen LogP contribution < -0.4 is 5.73 Å². The number of piperidine rings is 1. The van der Waals surface area contributed by atoms with Gasteiger partial charge >= 0.3 is 0 Å². The summed E-state index contributed by atoms with van der Waals surface area (Å²) in [5, 5.41) is 24.5. The van der Waals surface area contributed by atoms with Gasteiger partial charge in [0.15, 0.2) is 5.65 Å². The van der Waals surface area contributed by atoms with Gasteiger partial charge in [-0.05, 0) is 56.5 Å². The highest BCUT2D eigenvalue weighted by atomic mass is 32.1. The number of pyridine rings is 1. The molecule has 0 radical (unpaired) electrons. The topological polar surface area (TPSA) is 121 Å². The summed E-state index contributed by atoms with van der Waals surface area (Å²) in [5.41, 5.74) is 7.67. The lowest BCUT2D eigenvalue weighted by atomic mass is 10.0. The summed E-state index contributed by atoms with van der Waals surface area (Å²) in [4.78, 5) is 21.0. The molecule has 3 aromatic heterocycles. The monoisotopic (exact) mass is 518 g/mol. The van der Waals surface area contributed by atoms with Gasteiger partial charge in [0, 0.05) is 52.9 Å². The van der Waals surface area contributed by atoms with E-state index in [1.165, 1.54) is 23.5 Å². The minimum Gasteiger partial charge on any atom is -0.389 e. The fourth-order valence-electron chi connectivity index (χ4n) is 4.61. The van der Waals surface area contributed by atoms with Crippen molar-refractivity contribution >= 4 is 28.3 Å². The number of aromatic nitrogens is 3. The van der Waals surface area contributed by atoms with Crippen molar-refractivity contribution in [3.63, 3.8) is 0 Å². The van der Waals surface area contributed by atoms with E-state index in [1.54, 1.807) is 41.8 Å². The molecule has 10 heteroatoms. The van der Waals surface area contributed by atoms with Crippen LogP contribution in [-0.4, -0.2) is 55.4 Å². The van der Waals surface area contributed by atoms with Crippen LogP contribution in [-0.2, 0) is 6.54 Å². The SMILES string of the molecule is CC(C)(O)Cn1cc2cc(-c3sc(C(=O)N4CCCC(N)C4)cc3-c3ccc(C#N)c(F)c3)cnc2n1. The average molecular weight is 519 g/mol. The molecule has 1 aromatic carbocycles. The van der Waals surface area contributed by atoms with Crippen molar-refractivity contribution in [3.8, 4) is 27.6 Å². The molecule has 0 bridgehead atoms. The Kier molecular flexibility index (Phi) is 6.54. The van der Waals surface area contributed by atoms with Gasteiger partial charge in [-0.25, -0.2) is 9.37 Å². The first-order valence-corrected chi connectivity index (χ1v) is 12.9. The van der Waals surface area contributed by atoms with E-state index in [4.69, 9.17) is 11.0 Å². The maximum absolute atomic E-state index is 14.6. The fourth-order valence-corrected chi connectivity index (χ4v) is 5.74. The van der Waals surface area contributed by atoms with Crippen LogP contribution in [0.5, 0.6) is 0 Å². The molecule has 8 nitrogen and oxygen atoms in total. The number of nitriles is 1. The third-order valence-electron chi connectivity index (χ3n) is 6.31. The zero-order chi connectivity index (χ0) is 26.3. The molecule has 1 aliphatic heterocycles. The lowest BCUT2D eigenvalue weighted by molar-refractivity contribution is 0.0579. The van der Waals surface area contributed by atoms with Gasteiger partial charge in [-0.3, -0.25) is 9.48 Å². The van der Waals surface area contributed by atoms with Crippen LogP contribution in [0, 0.1) is 17.1 Å². The second-order valence-corrected chi connectivity index (χ2v) is 11.1. The summed E-state index contributed by atoms with van der Waals surface area (Å²) in [6.07, 6.45) is 5.25. The second-order valence-electron chi connectivity index (χ2n) is 10.1. The normalized spacial score (nSPS) is 16.2. The first-order valence-electron chi connectivity index (χ1n) is 12.1. The number of thiophene rings is 1. The molecule has 0 aliphatic carbocycles. The number of carbonyl (C=O) groups is 1. The van der Waals surface area contributed by atoms with Gasteiger partial charge in [0.25, 0.3) is 5.91 Å². The second kappa shape index (κ2) is 9.67. The number of fused-ring (bicyclic) bond motifs is 1. The smallest absolute Gasteiger partial charge is 0.264 e. The lowest BCUT2D eigenvalue weighted by Crippen LogP contribution is -2.45. The molecule has 5 rings (SSSR count). The summed E-state index contributed by atoms with van der Waals surface area (Å²) in [6.45, 7) is 4.88. The Morgan fingerprint density at radius 2 is 2.14 bits per heavy atom. The van der Waals surface area contributed by atoms with Crippen molar-refractivity contribution < 1.29 is 14.3 Å². The number of nitrogens with zero attached hydrogens (tertiary/aromatic N) is 5. The highest BCUT2D eigenvalue weighted by Crippen LogP contribution is 2.41. The predicted molar refractivity (Wildman–Crippen MR) is 140 cm³/mol. The van der Waals surface area contributed by atoms with E-state index in [1.807, 2.05) is 18.3 Å². The van der Waals surface area contributed by atoms with E-state index in [0.717, 1.165) is 28.7 Å². The first kappa shape index (κ1) is 25.0. The summed E-state index contributed by atoms with van der Waals surface area (Å²) in [5.74, 6) is -0.720.